The van der Waals surface area contributed by atoms with Crippen molar-refractivity contribution in [1.29, 1.82) is 0 Å². The minimum atomic E-state index is -3.56. The van der Waals surface area contributed by atoms with Crippen LogP contribution in [0.2, 0.25) is 0 Å². The topological polar surface area (TPSA) is 72.2 Å². The second-order valence-corrected chi connectivity index (χ2v) is 7.02. The smallest absolute Gasteiger partial charge is 0.242 e. The first-order chi connectivity index (χ1) is 7.69. The summed E-state index contributed by atoms with van der Waals surface area (Å²) in [6.45, 7) is 5.56. The lowest BCUT2D eigenvalue weighted by atomic mass is 10.1. The molecule has 0 aromatic heterocycles. The summed E-state index contributed by atoms with van der Waals surface area (Å²) in [4.78, 5) is 0.235. The second-order valence-electron chi connectivity index (χ2n) is 4.58. The number of benzene rings is 1. The number of nitrogens with one attached hydrogen (secondary N) is 1. The van der Waals surface area contributed by atoms with Crippen LogP contribution in [0.5, 0.6) is 0 Å². The minimum Gasteiger partial charge on any atom is -0.329 e. The molecule has 0 saturated heterocycles. The molecule has 0 aliphatic rings. The standard InChI is InChI=1S/C11H17BrN2O2S/c1-8-5-4-6-9(10(8)12)17(15,16)14-11(2,3)7-13/h4-6,14H,7,13H2,1-3H3. The largest absolute Gasteiger partial charge is 0.329 e. The number of rotatable bonds is 4. The van der Waals surface area contributed by atoms with Crippen LogP contribution in [0.4, 0.5) is 0 Å². The summed E-state index contributed by atoms with van der Waals surface area (Å²) >= 11 is 3.30. The van der Waals surface area contributed by atoms with Crippen LogP contribution in [-0.2, 0) is 10.0 Å². The molecular weight excluding hydrogens is 304 g/mol. The van der Waals surface area contributed by atoms with Crippen LogP contribution in [0.15, 0.2) is 27.6 Å². The quantitative estimate of drug-likeness (QED) is 0.888. The summed E-state index contributed by atoms with van der Waals surface area (Å²) in [5.41, 5.74) is 5.73. The Kier molecular flexibility index (Phi) is 4.35. The van der Waals surface area contributed by atoms with E-state index >= 15 is 0 Å². The minimum absolute atomic E-state index is 0.232. The molecule has 0 aliphatic heterocycles. The number of halogens is 1. The van der Waals surface area contributed by atoms with E-state index in [1.165, 1.54) is 0 Å². The highest BCUT2D eigenvalue weighted by molar-refractivity contribution is 9.10. The van der Waals surface area contributed by atoms with Gasteiger partial charge in [0, 0.05) is 16.6 Å². The second kappa shape index (κ2) is 5.06. The Labute approximate surface area is 111 Å². The highest BCUT2D eigenvalue weighted by atomic mass is 79.9. The molecule has 0 radical (unpaired) electrons. The third kappa shape index (κ3) is 3.51. The zero-order chi connectivity index (χ0) is 13.3. The van der Waals surface area contributed by atoms with E-state index in [4.69, 9.17) is 5.73 Å². The van der Waals surface area contributed by atoms with E-state index < -0.39 is 15.6 Å². The van der Waals surface area contributed by atoms with E-state index in [2.05, 4.69) is 20.7 Å². The van der Waals surface area contributed by atoms with Crippen molar-refractivity contribution < 1.29 is 8.42 Å². The summed E-state index contributed by atoms with van der Waals surface area (Å²) in [7, 11) is -3.56. The van der Waals surface area contributed by atoms with Crippen molar-refractivity contribution in [2.45, 2.75) is 31.2 Å². The van der Waals surface area contributed by atoms with Crippen molar-refractivity contribution in [1.82, 2.24) is 4.72 Å². The highest BCUT2D eigenvalue weighted by Gasteiger charge is 2.26. The fraction of sp³-hybridized carbons (Fsp3) is 0.455. The molecule has 0 unspecified atom stereocenters. The van der Waals surface area contributed by atoms with E-state index in [9.17, 15) is 8.42 Å². The molecule has 0 fully saturated rings. The van der Waals surface area contributed by atoms with Crippen molar-refractivity contribution >= 4 is 26.0 Å². The lowest BCUT2D eigenvalue weighted by molar-refractivity contribution is 0.462. The van der Waals surface area contributed by atoms with Crippen LogP contribution in [-0.4, -0.2) is 20.5 Å². The van der Waals surface area contributed by atoms with Crippen LogP contribution >= 0.6 is 15.9 Å². The van der Waals surface area contributed by atoms with Crippen molar-refractivity contribution in [3.8, 4) is 0 Å². The van der Waals surface area contributed by atoms with Crippen LogP contribution in [0, 0.1) is 6.92 Å². The first-order valence-electron chi connectivity index (χ1n) is 5.19. The molecule has 1 rings (SSSR count). The number of nitrogens with two attached hydrogens (primary N) is 1. The zero-order valence-electron chi connectivity index (χ0n) is 10.1. The first-order valence-corrected chi connectivity index (χ1v) is 7.46. The molecular formula is C11H17BrN2O2S. The van der Waals surface area contributed by atoms with Crippen LogP contribution in [0.3, 0.4) is 0 Å². The van der Waals surface area contributed by atoms with E-state index in [-0.39, 0.29) is 11.4 Å². The highest BCUT2D eigenvalue weighted by Crippen LogP contribution is 2.25. The van der Waals surface area contributed by atoms with Crippen molar-refractivity contribution in [2.24, 2.45) is 5.73 Å². The molecule has 0 aliphatic carbocycles. The van der Waals surface area contributed by atoms with Gasteiger partial charge in [-0.1, -0.05) is 12.1 Å². The van der Waals surface area contributed by atoms with Gasteiger partial charge >= 0.3 is 0 Å². The lowest BCUT2D eigenvalue weighted by Gasteiger charge is -2.24. The summed E-state index contributed by atoms with van der Waals surface area (Å²) in [6, 6.07) is 5.12. The lowest BCUT2D eigenvalue weighted by Crippen LogP contribution is -2.48. The first kappa shape index (κ1) is 14.6. The van der Waals surface area contributed by atoms with Gasteiger partial charge in [-0.05, 0) is 48.3 Å². The predicted molar refractivity (Wildman–Crippen MR) is 72.3 cm³/mol. The molecule has 1 aromatic carbocycles. The maximum Gasteiger partial charge on any atom is 0.242 e. The van der Waals surface area contributed by atoms with Gasteiger partial charge in [-0.2, -0.15) is 0 Å². The van der Waals surface area contributed by atoms with E-state index in [1.54, 1.807) is 26.0 Å². The number of aryl methyl sites for hydroxylation is 1. The van der Waals surface area contributed by atoms with Crippen LogP contribution < -0.4 is 10.5 Å². The van der Waals surface area contributed by atoms with Gasteiger partial charge in [-0.3, -0.25) is 0 Å². The maximum atomic E-state index is 12.2. The van der Waals surface area contributed by atoms with E-state index in [1.807, 2.05) is 13.0 Å². The molecule has 17 heavy (non-hydrogen) atoms. The van der Waals surface area contributed by atoms with Gasteiger partial charge in [-0.25, -0.2) is 13.1 Å². The van der Waals surface area contributed by atoms with Crippen LogP contribution in [0.1, 0.15) is 19.4 Å². The third-order valence-electron chi connectivity index (χ3n) is 2.37. The molecule has 0 saturated carbocycles. The Bertz CT molecular complexity index is 512. The molecule has 3 N–H and O–H groups in total. The normalized spacial score (nSPS) is 12.8. The number of hydrogen-bond acceptors (Lipinski definition) is 3. The number of hydrogen-bond donors (Lipinski definition) is 2. The molecule has 96 valence electrons. The summed E-state index contributed by atoms with van der Waals surface area (Å²) in [5.74, 6) is 0. The summed E-state index contributed by atoms with van der Waals surface area (Å²) < 4.78 is 27.5. The Morgan fingerprint density at radius 3 is 2.53 bits per heavy atom. The molecule has 0 bridgehead atoms. The zero-order valence-corrected chi connectivity index (χ0v) is 12.5. The molecule has 0 atom stereocenters. The SMILES string of the molecule is Cc1cccc(S(=O)(=O)NC(C)(C)CN)c1Br. The Hall–Kier alpha value is -0.430. The molecule has 4 nitrogen and oxygen atoms in total. The average Bonchev–Trinajstić information content (AvgIpc) is 2.20. The van der Waals surface area contributed by atoms with Gasteiger partial charge < -0.3 is 5.73 Å². The average molecular weight is 321 g/mol. The third-order valence-corrected chi connectivity index (χ3v) is 5.42. The molecule has 0 spiro atoms. The van der Waals surface area contributed by atoms with Gasteiger partial charge in [0.1, 0.15) is 0 Å². The van der Waals surface area contributed by atoms with Crippen molar-refractivity contribution in [2.75, 3.05) is 6.54 Å². The molecule has 6 heteroatoms. The Morgan fingerprint density at radius 2 is 2.00 bits per heavy atom. The number of sulfonamides is 1. The van der Waals surface area contributed by atoms with E-state index in [0.717, 1.165) is 5.56 Å². The molecule has 1 aromatic rings. The Morgan fingerprint density at radius 1 is 1.41 bits per heavy atom. The van der Waals surface area contributed by atoms with E-state index in [0.29, 0.717) is 4.47 Å². The Balaban J connectivity index is 3.19. The molecule has 0 amide bonds. The summed E-state index contributed by atoms with van der Waals surface area (Å²) in [5, 5.41) is 0. The van der Waals surface area contributed by atoms with Gasteiger partial charge in [0.15, 0.2) is 0 Å². The fourth-order valence-corrected chi connectivity index (χ4v) is 3.77. The monoisotopic (exact) mass is 320 g/mol. The van der Waals surface area contributed by atoms with Crippen LogP contribution in [0.25, 0.3) is 0 Å². The van der Waals surface area contributed by atoms with Crippen molar-refractivity contribution in [3.63, 3.8) is 0 Å². The van der Waals surface area contributed by atoms with Gasteiger partial charge in [0.05, 0.1) is 4.90 Å². The molecule has 0 heterocycles. The fourth-order valence-electron chi connectivity index (χ4n) is 1.29. The predicted octanol–water partition coefficient (Wildman–Crippen LogP) is 1.77. The van der Waals surface area contributed by atoms with Gasteiger partial charge in [-0.15, -0.1) is 0 Å². The van der Waals surface area contributed by atoms with Crippen molar-refractivity contribution in [3.05, 3.63) is 28.2 Å². The maximum absolute atomic E-state index is 12.2. The summed E-state index contributed by atoms with van der Waals surface area (Å²) in [6.07, 6.45) is 0. The van der Waals surface area contributed by atoms with Gasteiger partial charge in [0.2, 0.25) is 10.0 Å². The van der Waals surface area contributed by atoms with Gasteiger partial charge in [0.25, 0.3) is 0 Å².